The number of phosphoric ester groups is 1. The van der Waals surface area contributed by atoms with E-state index >= 15 is 0 Å². The highest BCUT2D eigenvalue weighted by molar-refractivity contribution is 7.44. The molecule has 0 fully saturated rings. The van der Waals surface area contributed by atoms with Crippen molar-refractivity contribution in [3.63, 3.8) is 0 Å². The van der Waals surface area contributed by atoms with Crippen LogP contribution in [0.3, 0.4) is 0 Å². The summed E-state index contributed by atoms with van der Waals surface area (Å²) in [6.07, 6.45) is -1.54. The molecule has 24 heavy (non-hydrogen) atoms. The molecule has 0 aliphatic carbocycles. The summed E-state index contributed by atoms with van der Waals surface area (Å²) in [5, 5.41) is 0. The minimum atomic E-state index is -5.15. The number of rotatable bonds is 7. The molecule has 1 N–H and O–H groups in total. The van der Waals surface area contributed by atoms with E-state index in [2.05, 4.69) is 4.52 Å². The van der Waals surface area contributed by atoms with Gasteiger partial charge in [-0.15, -0.1) is 0 Å². The van der Waals surface area contributed by atoms with Crippen LogP contribution in [0, 0.1) is 0 Å². The van der Waals surface area contributed by atoms with Crippen LogP contribution in [0.2, 0.25) is 0 Å². The normalized spacial score (nSPS) is 14.5. The number of ether oxygens (including phenoxy) is 2. The Morgan fingerprint density at radius 2 is 1.67 bits per heavy atom. The van der Waals surface area contributed by atoms with Gasteiger partial charge in [-0.25, -0.2) is 0 Å². The molecule has 7 nitrogen and oxygen atoms in total. The molecule has 0 heterocycles. The van der Waals surface area contributed by atoms with E-state index in [1.54, 1.807) is 24.3 Å². The second-order valence-electron chi connectivity index (χ2n) is 4.83. The van der Waals surface area contributed by atoms with Crippen LogP contribution in [0.15, 0.2) is 48.5 Å². The number of Topliss-reactive ketones (excluding diaryl/α,β-unsaturated/α-hetero) is 1. The number of carbonyl (C=O) groups is 1. The highest BCUT2D eigenvalue weighted by atomic mass is 31.2. The van der Waals surface area contributed by atoms with Gasteiger partial charge >= 0.3 is 0 Å². The molecule has 0 radical (unpaired) electrons. The summed E-state index contributed by atoms with van der Waals surface area (Å²) in [6, 6.07) is 12.3. The lowest BCUT2D eigenvalue weighted by molar-refractivity contribution is -0.222. The fraction of sp³-hybridized carbons (Fsp3) is 0.188. The average molecular weight is 351 g/mol. The van der Waals surface area contributed by atoms with Crippen molar-refractivity contribution in [2.24, 2.45) is 0 Å². The molecule has 0 bridgehead atoms. The maximum Gasteiger partial charge on any atom is 0.266 e. The number of benzene rings is 2. The fourth-order valence-electron chi connectivity index (χ4n) is 2.13. The maximum atomic E-state index is 12.7. The molecule has 0 aromatic heterocycles. The Morgan fingerprint density at radius 1 is 1.08 bits per heavy atom. The number of ketones is 1. The molecule has 0 spiro atoms. The van der Waals surface area contributed by atoms with Crippen molar-refractivity contribution in [3.8, 4) is 11.5 Å². The predicted octanol–water partition coefficient (Wildman–Crippen LogP) is 2.11. The number of hydrogen-bond acceptors (Lipinski definition) is 6. The van der Waals surface area contributed by atoms with Crippen LogP contribution in [-0.2, 0) is 9.09 Å². The number of carbonyl (C=O) groups excluding carboxylic acids is 1. The van der Waals surface area contributed by atoms with Crippen LogP contribution in [0.25, 0.3) is 0 Å². The average Bonchev–Trinajstić information content (AvgIpc) is 2.58. The topological polar surface area (TPSA) is 105 Å². The predicted molar refractivity (Wildman–Crippen MR) is 84.0 cm³/mol. The Balaban J connectivity index is 2.44. The van der Waals surface area contributed by atoms with Gasteiger partial charge in [-0.2, -0.15) is 0 Å². The summed E-state index contributed by atoms with van der Waals surface area (Å²) < 4.78 is 25.9. The molecular weight excluding hydrogens is 335 g/mol. The van der Waals surface area contributed by atoms with E-state index in [0.717, 1.165) is 0 Å². The molecule has 0 aliphatic rings. The fourth-order valence-corrected chi connectivity index (χ4v) is 2.61. The zero-order valence-electron chi connectivity index (χ0n) is 13.0. The van der Waals surface area contributed by atoms with Gasteiger partial charge in [-0.3, -0.25) is 9.36 Å². The van der Waals surface area contributed by atoms with Crippen LogP contribution in [0.1, 0.15) is 22.0 Å². The molecule has 0 aliphatic heterocycles. The van der Waals surface area contributed by atoms with Crippen molar-refractivity contribution < 1.29 is 33.1 Å². The Bertz CT molecular complexity index is 769. The second kappa shape index (κ2) is 7.59. The van der Waals surface area contributed by atoms with Gasteiger partial charge in [-0.1, -0.05) is 24.3 Å². The smallest absolute Gasteiger partial charge is 0.266 e. The van der Waals surface area contributed by atoms with E-state index in [1.165, 1.54) is 38.5 Å². The molecule has 0 saturated heterocycles. The summed E-state index contributed by atoms with van der Waals surface area (Å²) in [4.78, 5) is 32.9. The van der Waals surface area contributed by atoms with Crippen molar-refractivity contribution in [3.05, 3.63) is 59.7 Å². The van der Waals surface area contributed by atoms with Gasteiger partial charge in [0.1, 0.15) is 11.5 Å². The lowest BCUT2D eigenvalue weighted by Gasteiger charge is -2.24. The second-order valence-corrected chi connectivity index (χ2v) is 5.97. The first-order chi connectivity index (χ1) is 11.3. The van der Waals surface area contributed by atoms with E-state index < -0.39 is 19.7 Å². The van der Waals surface area contributed by atoms with Crippen LogP contribution in [0.4, 0.5) is 0 Å². The molecule has 128 valence electrons. The standard InChI is InChI=1S/C16H17O7P/c1-21-13-7-3-5-11(9-13)15(17)16(23-24(18,19)20)12-6-4-8-14(10-12)22-2/h3-10,16H,1-2H3,(H2,18,19,20)/p-1. The Hall–Kier alpha value is -2.18. The number of phosphoric acid groups is 1. The van der Waals surface area contributed by atoms with Crippen molar-refractivity contribution in [1.29, 1.82) is 0 Å². The zero-order chi connectivity index (χ0) is 17.7. The van der Waals surface area contributed by atoms with Gasteiger partial charge < -0.3 is 23.8 Å². The summed E-state index contributed by atoms with van der Waals surface area (Å²) in [5.41, 5.74) is 0.405. The van der Waals surface area contributed by atoms with Crippen molar-refractivity contribution in [2.75, 3.05) is 14.2 Å². The molecule has 0 amide bonds. The van der Waals surface area contributed by atoms with Gasteiger partial charge in [-0.05, 0) is 29.8 Å². The Kier molecular flexibility index (Phi) is 5.75. The third kappa shape index (κ3) is 4.66. The van der Waals surface area contributed by atoms with Crippen molar-refractivity contribution in [2.45, 2.75) is 6.10 Å². The van der Waals surface area contributed by atoms with Gasteiger partial charge in [0.2, 0.25) is 0 Å². The third-order valence-electron chi connectivity index (χ3n) is 3.23. The van der Waals surface area contributed by atoms with E-state index in [9.17, 15) is 14.3 Å². The number of hydrogen-bond donors (Lipinski definition) is 1. The lowest BCUT2D eigenvalue weighted by atomic mass is 9.99. The van der Waals surface area contributed by atoms with Gasteiger partial charge in [0, 0.05) is 5.56 Å². The third-order valence-corrected chi connectivity index (χ3v) is 3.70. The molecule has 2 aromatic carbocycles. The molecule has 2 atom stereocenters. The molecule has 2 aromatic rings. The van der Waals surface area contributed by atoms with Crippen LogP contribution in [-0.4, -0.2) is 24.9 Å². The monoisotopic (exact) mass is 351 g/mol. The van der Waals surface area contributed by atoms with Crippen LogP contribution >= 0.6 is 7.82 Å². The van der Waals surface area contributed by atoms with Gasteiger partial charge in [0.15, 0.2) is 11.9 Å². The Labute approximate surface area is 139 Å². The molecule has 2 unspecified atom stereocenters. The van der Waals surface area contributed by atoms with Crippen LogP contribution < -0.4 is 14.4 Å². The molecule has 0 saturated carbocycles. The molecular formula is C16H16O7P-. The van der Waals surface area contributed by atoms with Gasteiger partial charge in [0.25, 0.3) is 7.82 Å². The van der Waals surface area contributed by atoms with Gasteiger partial charge in [0.05, 0.1) is 14.2 Å². The first-order valence-corrected chi connectivity index (χ1v) is 8.38. The molecule has 2 rings (SSSR count). The minimum absolute atomic E-state index is 0.176. The number of methoxy groups -OCH3 is 2. The van der Waals surface area contributed by atoms with E-state index in [4.69, 9.17) is 14.4 Å². The van der Waals surface area contributed by atoms with E-state index in [1.807, 2.05) is 0 Å². The largest absolute Gasteiger partial charge is 0.756 e. The van der Waals surface area contributed by atoms with E-state index in [0.29, 0.717) is 11.5 Å². The summed E-state index contributed by atoms with van der Waals surface area (Å²) >= 11 is 0. The summed E-state index contributed by atoms with van der Waals surface area (Å²) in [7, 11) is -2.27. The minimum Gasteiger partial charge on any atom is -0.756 e. The first-order valence-electron chi connectivity index (χ1n) is 6.88. The SMILES string of the molecule is COc1cccc(C(=O)C(OP(=O)([O-])O)c2cccc(OC)c2)c1. The Morgan fingerprint density at radius 3 is 2.25 bits per heavy atom. The summed E-state index contributed by atoms with van der Waals surface area (Å²) in [5.74, 6) is 0.199. The summed E-state index contributed by atoms with van der Waals surface area (Å²) in [6.45, 7) is 0. The van der Waals surface area contributed by atoms with Crippen molar-refractivity contribution in [1.82, 2.24) is 0 Å². The highest BCUT2D eigenvalue weighted by Gasteiger charge is 2.27. The zero-order valence-corrected chi connectivity index (χ0v) is 13.9. The van der Waals surface area contributed by atoms with E-state index in [-0.39, 0.29) is 11.1 Å². The highest BCUT2D eigenvalue weighted by Crippen LogP contribution is 2.40. The first kappa shape index (κ1) is 18.2. The lowest BCUT2D eigenvalue weighted by Crippen LogP contribution is -2.18. The molecule has 8 heteroatoms. The van der Waals surface area contributed by atoms with Crippen LogP contribution in [0.5, 0.6) is 11.5 Å². The maximum absolute atomic E-state index is 12.7. The quantitative estimate of drug-likeness (QED) is 0.601. The van der Waals surface area contributed by atoms with Crippen molar-refractivity contribution >= 4 is 13.6 Å².